The van der Waals surface area contributed by atoms with E-state index in [9.17, 15) is 4.79 Å². The first-order valence-corrected chi connectivity index (χ1v) is 10.7. The second-order valence-corrected chi connectivity index (χ2v) is 8.52. The van der Waals surface area contributed by atoms with Gasteiger partial charge in [-0.2, -0.15) is 5.10 Å². The van der Waals surface area contributed by atoms with Crippen molar-refractivity contribution >= 4 is 40.2 Å². The number of ether oxygens (including phenoxy) is 1. The van der Waals surface area contributed by atoms with Crippen LogP contribution in [0.5, 0.6) is 5.88 Å². The number of amides is 2. The summed E-state index contributed by atoms with van der Waals surface area (Å²) in [6, 6.07) is 4.66. The number of hydrogen-bond donors (Lipinski definition) is 3. The summed E-state index contributed by atoms with van der Waals surface area (Å²) >= 11 is 6.06. The number of nitrogens with one attached hydrogen (secondary N) is 3. The number of carbonyl (C=O) groups is 1. The first-order chi connectivity index (χ1) is 14.8. The molecule has 3 aromatic heterocycles. The molecule has 3 N–H and O–H groups in total. The van der Waals surface area contributed by atoms with Gasteiger partial charge in [0.25, 0.3) is 0 Å². The Morgan fingerprint density at radius 3 is 2.77 bits per heavy atom. The Hall–Kier alpha value is -3.07. The Morgan fingerprint density at radius 1 is 1.29 bits per heavy atom. The van der Waals surface area contributed by atoms with Gasteiger partial charge in [0, 0.05) is 18.5 Å². The maximum absolute atomic E-state index is 12.4. The molecule has 0 spiro atoms. The zero-order valence-corrected chi connectivity index (χ0v) is 18.7. The minimum absolute atomic E-state index is 0.247. The predicted molar refractivity (Wildman–Crippen MR) is 121 cm³/mol. The molecule has 0 saturated heterocycles. The molecule has 1 aliphatic carbocycles. The highest BCUT2D eigenvalue weighted by molar-refractivity contribution is 6.29. The number of rotatable bonds is 7. The van der Waals surface area contributed by atoms with Gasteiger partial charge >= 0.3 is 6.03 Å². The summed E-state index contributed by atoms with van der Waals surface area (Å²) in [4.78, 5) is 21.1. The molecule has 164 valence electrons. The highest BCUT2D eigenvalue weighted by Gasteiger charge is 2.22. The Labute approximate surface area is 185 Å². The van der Waals surface area contributed by atoms with Gasteiger partial charge in [0.1, 0.15) is 11.0 Å². The molecular weight excluding hydrogens is 418 g/mol. The van der Waals surface area contributed by atoms with Crippen molar-refractivity contribution in [2.45, 2.75) is 39.5 Å². The highest BCUT2D eigenvalue weighted by atomic mass is 35.5. The maximum atomic E-state index is 12.4. The van der Waals surface area contributed by atoms with Crippen LogP contribution < -0.4 is 20.9 Å². The van der Waals surface area contributed by atoms with Gasteiger partial charge in [-0.15, -0.1) is 0 Å². The van der Waals surface area contributed by atoms with Gasteiger partial charge in [-0.25, -0.2) is 14.8 Å². The van der Waals surface area contributed by atoms with Gasteiger partial charge in [0.2, 0.25) is 5.88 Å². The number of halogens is 1. The molecule has 0 atom stereocenters. The van der Waals surface area contributed by atoms with Crippen LogP contribution in [0, 0.1) is 12.8 Å². The van der Waals surface area contributed by atoms with E-state index in [1.165, 1.54) is 12.8 Å². The van der Waals surface area contributed by atoms with E-state index in [-0.39, 0.29) is 11.1 Å². The van der Waals surface area contributed by atoms with Gasteiger partial charge in [-0.05, 0) is 49.3 Å². The first kappa shape index (κ1) is 21.2. The average molecular weight is 444 g/mol. The molecule has 0 aliphatic heterocycles. The molecule has 31 heavy (non-hydrogen) atoms. The third-order valence-corrected chi connectivity index (χ3v) is 5.31. The third-order valence-electron chi connectivity index (χ3n) is 5.12. The lowest BCUT2D eigenvalue weighted by Crippen LogP contribution is -2.34. The Morgan fingerprint density at radius 2 is 2.06 bits per heavy atom. The summed E-state index contributed by atoms with van der Waals surface area (Å²) in [6.45, 7) is 6.81. The van der Waals surface area contributed by atoms with Crippen LogP contribution in [0.15, 0.2) is 18.2 Å². The van der Waals surface area contributed by atoms with E-state index in [1.54, 1.807) is 16.8 Å². The second kappa shape index (κ2) is 8.58. The van der Waals surface area contributed by atoms with Crippen molar-refractivity contribution in [3.8, 4) is 5.88 Å². The van der Waals surface area contributed by atoms with E-state index in [0.29, 0.717) is 29.9 Å². The van der Waals surface area contributed by atoms with Crippen LogP contribution in [0.3, 0.4) is 0 Å². The standard InChI is InChI=1S/C21H26ClN7O2/c1-11(2)15-9-17(25-20-19(15)12(3)28-29(20)4)26-27-21(30)23-14-7-16(22)24-18(8-14)31-10-13-5-6-13/h7-9,11,13H,5-6,10H2,1-4H3,(H,25,26)(H2,23,24,27,30). The number of aromatic nitrogens is 4. The fourth-order valence-electron chi connectivity index (χ4n) is 3.39. The van der Waals surface area contributed by atoms with E-state index in [2.05, 4.69) is 45.1 Å². The number of pyridine rings is 2. The lowest BCUT2D eigenvalue weighted by molar-refractivity contribution is 0.253. The maximum Gasteiger partial charge on any atom is 0.337 e. The summed E-state index contributed by atoms with van der Waals surface area (Å²) in [5.41, 5.74) is 8.76. The quantitative estimate of drug-likeness (QED) is 0.369. The molecule has 0 unspecified atom stereocenters. The zero-order chi connectivity index (χ0) is 22.1. The number of nitrogens with zero attached hydrogens (tertiary/aromatic N) is 4. The fraction of sp³-hybridized carbons (Fsp3) is 0.429. The molecule has 4 rings (SSSR count). The van der Waals surface area contributed by atoms with Crippen LogP contribution in [-0.2, 0) is 7.05 Å². The number of carbonyl (C=O) groups excluding carboxylic acids is 1. The lowest BCUT2D eigenvalue weighted by Gasteiger charge is -2.14. The van der Waals surface area contributed by atoms with Crippen molar-refractivity contribution in [2.24, 2.45) is 13.0 Å². The lowest BCUT2D eigenvalue weighted by atomic mass is 10.00. The zero-order valence-electron chi connectivity index (χ0n) is 18.0. The topological polar surface area (TPSA) is 106 Å². The Bertz CT molecular complexity index is 1120. The molecule has 9 nitrogen and oxygen atoms in total. The normalized spacial score (nSPS) is 13.5. The molecule has 2 amide bonds. The molecule has 1 fully saturated rings. The van der Waals surface area contributed by atoms with Gasteiger partial charge in [-0.1, -0.05) is 25.4 Å². The van der Waals surface area contributed by atoms with Crippen LogP contribution in [0.4, 0.5) is 16.3 Å². The number of hydrazine groups is 1. The highest BCUT2D eigenvalue weighted by Crippen LogP contribution is 2.30. The largest absolute Gasteiger partial charge is 0.477 e. The average Bonchev–Trinajstić information content (AvgIpc) is 3.49. The number of urea groups is 1. The minimum Gasteiger partial charge on any atom is -0.477 e. The molecule has 10 heteroatoms. The molecule has 1 saturated carbocycles. The molecular formula is C21H26ClN7O2. The first-order valence-electron chi connectivity index (χ1n) is 10.3. The molecule has 0 bridgehead atoms. The number of hydrogen-bond acceptors (Lipinski definition) is 6. The SMILES string of the molecule is Cc1nn(C)c2nc(NNC(=O)Nc3cc(Cl)nc(OCC4CC4)c3)cc(C(C)C)c12. The number of fused-ring (bicyclic) bond motifs is 1. The number of anilines is 2. The van der Waals surface area contributed by atoms with E-state index in [1.807, 2.05) is 20.0 Å². The van der Waals surface area contributed by atoms with Crippen LogP contribution in [0.2, 0.25) is 5.15 Å². The fourth-order valence-corrected chi connectivity index (χ4v) is 3.59. The van der Waals surface area contributed by atoms with Crippen LogP contribution >= 0.6 is 11.6 Å². The third kappa shape index (κ3) is 4.99. The Balaban J connectivity index is 1.44. The summed E-state index contributed by atoms with van der Waals surface area (Å²) in [6.07, 6.45) is 2.35. The van der Waals surface area contributed by atoms with Gasteiger partial charge in [0.15, 0.2) is 5.65 Å². The van der Waals surface area contributed by atoms with Crippen molar-refractivity contribution < 1.29 is 9.53 Å². The van der Waals surface area contributed by atoms with E-state index in [4.69, 9.17) is 16.3 Å². The molecule has 3 heterocycles. The van der Waals surface area contributed by atoms with Gasteiger partial charge in [-0.3, -0.25) is 15.5 Å². The Kier molecular flexibility index (Phi) is 5.86. The van der Waals surface area contributed by atoms with Crippen molar-refractivity contribution in [1.82, 2.24) is 25.2 Å². The summed E-state index contributed by atoms with van der Waals surface area (Å²) in [5, 5.41) is 8.48. The van der Waals surface area contributed by atoms with Crippen LogP contribution in [-0.4, -0.2) is 32.4 Å². The van der Waals surface area contributed by atoms with Crippen molar-refractivity contribution in [3.05, 3.63) is 34.6 Å². The molecule has 0 aromatic carbocycles. The molecule has 1 aliphatic rings. The molecule has 0 radical (unpaired) electrons. The monoisotopic (exact) mass is 443 g/mol. The predicted octanol–water partition coefficient (Wildman–Crippen LogP) is 4.39. The van der Waals surface area contributed by atoms with E-state index in [0.717, 1.165) is 22.3 Å². The van der Waals surface area contributed by atoms with Crippen LogP contribution in [0.25, 0.3) is 11.0 Å². The minimum atomic E-state index is -0.468. The number of aryl methyl sites for hydroxylation is 2. The summed E-state index contributed by atoms with van der Waals surface area (Å²) in [7, 11) is 1.85. The van der Waals surface area contributed by atoms with Crippen molar-refractivity contribution in [1.29, 1.82) is 0 Å². The smallest absolute Gasteiger partial charge is 0.337 e. The van der Waals surface area contributed by atoms with Crippen LogP contribution in [0.1, 0.15) is 43.9 Å². The second-order valence-electron chi connectivity index (χ2n) is 8.13. The van der Waals surface area contributed by atoms with E-state index >= 15 is 0 Å². The summed E-state index contributed by atoms with van der Waals surface area (Å²) in [5.74, 6) is 1.78. The molecule has 3 aromatic rings. The van der Waals surface area contributed by atoms with Gasteiger partial charge in [0.05, 0.1) is 18.0 Å². The van der Waals surface area contributed by atoms with Crippen molar-refractivity contribution in [3.63, 3.8) is 0 Å². The van der Waals surface area contributed by atoms with E-state index < -0.39 is 6.03 Å². The van der Waals surface area contributed by atoms with Crippen molar-refractivity contribution in [2.75, 3.05) is 17.3 Å². The summed E-state index contributed by atoms with van der Waals surface area (Å²) < 4.78 is 7.39. The van der Waals surface area contributed by atoms with Gasteiger partial charge < -0.3 is 10.1 Å².